The molecule has 138 valence electrons. The molecule has 0 fully saturated rings. The number of methoxy groups -OCH3 is 1. The Morgan fingerprint density at radius 3 is 2.52 bits per heavy atom. The second kappa shape index (κ2) is 7.42. The van der Waals surface area contributed by atoms with Crippen molar-refractivity contribution in [3.8, 4) is 5.75 Å². The smallest absolute Gasteiger partial charge is 0.337 e. The lowest BCUT2D eigenvalue weighted by Crippen LogP contribution is -2.27. The van der Waals surface area contributed by atoms with E-state index in [1.165, 1.54) is 43.5 Å². The van der Waals surface area contributed by atoms with Crippen molar-refractivity contribution in [2.24, 2.45) is 0 Å². The quantitative estimate of drug-likeness (QED) is 0.657. The van der Waals surface area contributed by atoms with Gasteiger partial charge in [-0.25, -0.2) is 9.78 Å². The molecule has 6 nitrogen and oxygen atoms in total. The summed E-state index contributed by atoms with van der Waals surface area (Å²) in [5, 5.41) is 11.2. The third kappa shape index (κ3) is 3.67. The second-order valence-corrected chi connectivity index (χ2v) is 6.58. The topological polar surface area (TPSA) is 79.7 Å². The minimum Gasteiger partial charge on any atom is -0.506 e. The largest absolute Gasteiger partial charge is 0.506 e. The van der Waals surface area contributed by atoms with Gasteiger partial charge in [0, 0.05) is 17.5 Å². The van der Waals surface area contributed by atoms with Gasteiger partial charge in [0.05, 0.1) is 29.6 Å². The predicted molar refractivity (Wildman–Crippen MR) is 104 cm³/mol. The van der Waals surface area contributed by atoms with Crippen molar-refractivity contribution in [1.82, 2.24) is 4.98 Å². The van der Waals surface area contributed by atoms with Crippen LogP contribution in [0.25, 0.3) is 10.8 Å². The number of halogens is 2. The van der Waals surface area contributed by atoms with E-state index in [1.54, 1.807) is 18.2 Å². The van der Waals surface area contributed by atoms with Gasteiger partial charge in [-0.15, -0.1) is 0 Å². The molecule has 1 aromatic heterocycles. The van der Waals surface area contributed by atoms with E-state index < -0.39 is 11.9 Å². The number of benzene rings is 2. The molecule has 8 heteroatoms. The van der Waals surface area contributed by atoms with Gasteiger partial charge < -0.3 is 14.7 Å². The van der Waals surface area contributed by atoms with Gasteiger partial charge in [0.2, 0.25) is 0 Å². The van der Waals surface area contributed by atoms with Gasteiger partial charge in [0.15, 0.2) is 0 Å². The number of pyridine rings is 1. The summed E-state index contributed by atoms with van der Waals surface area (Å²) in [5.74, 6) is -1.05. The summed E-state index contributed by atoms with van der Waals surface area (Å²) in [7, 11) is 2.81. The Labute approximate surface area is 164 Å². The Kier molecular flexibility index (Phi) is 5.21. The molecule has 0 aliphatic heterocycles. The molecule has 0 saturated carbocycles. The summed E-state index contributed by atoms with van der Waals surface area (Å²) in [6.07, 6.45) is 1.18. The van der Waals surface area contributed by atoms with Gasteiger partial charge in [-0.3, -0.25) is 4.79 Å². The van der Waals surface area contributed by atoms with Crippen LogP contribution in [0.4, 0.5) is 5.69 Å². The molecule has 2 aromatic carbocycles. The number of fused-ring (bicyclic) bond motifs is 1. The molecule has 0 aliphatic rings. The van der Waals surface area contributed by atoms with Crippen molar-refractivity contribution < 1.29 is 19.4 Å². The van der Waals surface area contributed by atoms with Crippen molar-refractivity contribution in [2.45, 2.75) is 0 Å². The van der Waals surface area contributed by atoms with Crippen LogP contribution in [-0.4, -0.2) is 36.1 Å². The zero-order valence-electron chi connectivity index (χ0n) is 14.4. The number of aromatic hydroxyl groups is 1. The van der Waals surface area contributed by atoms with Crippen molar-refractivity contribution in [3.05, 3.63) is 63.9 Å². The lowest BCUT2D eigenvalue weighted by Gasteiger charge is -2.21. The van der Waals surface area contributed by atoms with E-state index in [4.69, 9.17) is 27.9 Å². The monoisotopic (exact) mass is 404 g/mol. The number of carbonyl (C=O) groups is 2. The molecule has 1 N–H and O–H groups in total. The summed E-state index contributed by atoms with van der Waals surface area (Å²) in [4.78, 5) is 30.1. The van der Waals surface area contributed by atoms with Crippen LogP contribution in [-0.2, 0) is 4.74 Å². The first-order valence-corrected chi connectivity index (χ1v) is 8.51. The minimum atomic E-state index is -0.558. The molecule has 1 heterocycles. The van der Waals surface area contributed by atoms with Crippen molar-refractivity contribution >= 4 is 51.5 Å². The summed E-state index contributed by atoms with van der Waals surface area (Å²) in [6.45, 7) is 0. The van der Waals surface area contributed by atoms with Crippen molar-refractivity contribution in [2.75, 3.05) is 19.1 Å². The van der Waals surface area contributed by atoms with Gasteiger partial charge in [0.25, 0.3) is 5.91 Å². The molecule has 0 radical (unpaired) electrons. The maximum Gasteiger partial charge on any atom is 0.337 e. The standard InChI is InChI=1S/C19H14Cl2N2O4/c1-23(18(25)15-4-3-13(24)9-22-15)16-7-11(19(26)27-2)5-10-6-12(20)8-14(21)17(10)16/h3-9,24H,1-2H3. The molecule has 0 unspecified atom stereocenters. The van der Waals surface area contributed by atoms with E-state index in [1.807, 2.05) is 0 Å². The first-order valence-electron chi connectivity index (χ1n) is 7.76. The SMILES string of the molecule is COC(=O)c1cc(N(C)C(=O)c2ccc(O)cn2)c2c(Cl)cc(Cl)cc2c1. The van der Waals surface area contributed by atoms with E-state index in [2.05, 4.69) is 4.98 Å². The zero-order valence-corrected chi connectivity index (χ0v) is 15.9. The lowest BCUT2D eigenvalue weighted by molar-refractivity contribution is 0.0600. The number of nitrogens with zero attached hydrogens (tertiary/aromatic N) is 2. The maximum atomic E-state index is 12.8. The summed E-state index contributed by atoms with van der Waals surface area (Å²) < 4.78 is 4.79. The van der Waals surface area contributed by atoms with Crippen LogP contribution in [0.15, 0.2) is 42.6 Å². The number of esters is 1. The first-order chi connectivity index (χ1) is 12.8. The highest BCUT2D eigenvalue weighted by molar-refractivity contribution is 6.40. The average molecular weight is 405 g/mol. The Balaban J connectivity index is 2.20. The number of carbonyl (C=O) groups excluding carboxylic acids is 2. The minimum absolute atomic E-state index is 0.0509. The van der Waals surface area contributed by atoms with Gasteiger partial charge >= 0.3 is 5.97 Å². The van der Waals surface area contributed by atoms with E-state index >= 15 is 0 Å². The van der Waals surface area contributed by atoms with Crippen LogP contribution < -0.4 is 4.90 Å². The molecule has 0 aliphatic carbocycles. The highest BCUT2D eigenvalue weighted by atomic mass is 35.5. The van der Waals surface area contributed by atoms with Gasteiger partial charge in [0.1, 0.15) is 11.4 Å². The number of anilines is 1. The summed E-state index contributed by atoms with van der Waals surface area (Å²) >= 11 is 12.4. The fourth-order valence-electron chi connectivity index (χ4n) is 2.70. The normalized spacial score (nSPS) is 10.7. The Morgan fingerprint density at radius 2 is 1.89 bits per heavy atom. The van der Waals surface area contributed by atoms with Gasteiger partial charge in [-0.1, -0.05) is 23.2 Å². The highest BCUT2D eigenvalue weighted by Gasteiger charge is 2.21. The van der Waals surface area contributed by atoms with Crippen molar-refractivity contribution in [3.63, 3.8) is 0 Å². The fourth-order valence-corrected chi connectivity index (χ4v) is 3.31. The van der Waals surface area contributed by atoms with Gasteiger partial charge in [-0.05, 0) is 41.8 Å². The van der Waals surface area contributed by atoms with Crippen LogP contribution in [0.5, 0.6) is 5.75 Å². The number of ether oxygens (including phenoxy) is 1. The average Bonchev–Trinajstić information content (AvgIpc) is 2.65. The number of hydrogen-bond acceptors (Lipinski definition) is 5. The first kappa shape index (κ1) is 18.9. The van der Waals surface area contributed by atoms with Crippen LogP contribution in [0.3, 0.4) is 0 Å². The molecular formula is C19H14Cl2N2O4. The molecule has 1 amide bonds. The molecular weight excluding hydrogens is 391 g/mol. The third-order valence-electron chi connectivity index (χ3n) is 4.00. The highest BCUT2D eigenvalue weighted by Crippen LogP contribution is 2.36. The van der Waals surface area contributed by atoms with E-state index in [0.29, 0.717) is 26.5 Å². The van der Waals surface area contributed by atoms with Crippen LogP contribution in [0.1, 0.15) is 20.8 Å². The second-order valence-electron chi connectivity index (χ2n) is 5.74. The van der Waals surface area contributed by atoms with Gasteiger partial charge in [-0.2, -0.15) is 0 Å². The van der Waals surface area contributed by atoms with E-state index in [0.717, 1.165) is 0 Å². The maximum absolute atomic E-state index is 12.8. The Bertz CT molecular complexity index is 1050. The molecule has 0 spiro atoms. The lowest BCUT2D eigenvalue weighted by atomic mass is 10.0. The molecule has 3 aromatic rings. The predicted octanol–water partition coefficient (Wildman–Crippen LogP) is 4.31. The molecule has 0 atom stereocenters. The van der Waals surface area contributed by atoms with Crippen LogP contribution in [0.2, 0.25) is 10.0 Å². The van der Waals surface area contributed by atoms with Crippen LogP contribution in [0, 0.1) is 0 Å². The third-order valence-corrected chi connectivity index (χ3v) is 4.52. The van der Waals surface area contributed by atoms with Crippen LogP contribution >= 0.6 is 23.2 Å². The zero-order chi connectivity index (χ0) is 19.7. The molecule has 27 heavy (non-hydrogen) atoms. The molecule has 3 rings (SSSR count). The fraction of sp³-hybridized carbons (Fsp3) is 0.105. The summed E-state index contributed by atoms with van der Waals surface area (Å²) in [5.41, 5.74) is 0.767. The molecule has 0 saturated heterocycles. The van der Waals surface area contributed by atoms with E-state index in [-0.39, 0.29) is 17.0 Å². The number of hydrogen-bond donors (Lipinski definition) is 1. The number of amides is 1. The van der Waals surface area contributed by atoms with E-state index in [9.17, 15) is 14.7 Å². The number of aromatic nitrogens is 1. The Hall–Kier alpha value is -2.83. The van der Waals surface area contributed by atoms with Crippen molar-refractivity contribution in [1.29, 1.82) is 0 Å². The number of rotatable bonds is 3. The summed E-state index contributed by atoms with van der Waals surface area (Å²) in [6, 6.07) is 9.09. The molecule has 0 bridgehead atoms. The Morgan fingerprint density at radius 1 is 1.15 bits per heavy atom.